The number of fused-ring (bicyclic) bond motifs is 3. The number of amides is 1. The molecule has 2 N–H and O–H groups in total. The second-order valence-electron chi connectivity index (χ2n) is 10.9. The number of aromatic nitrogens is 4. The third-order valence-electron chi connectivity index (χ3n) is 7.74. The summed E-state index contributed by atoms with van der Waals surface area (Å²) < 4.78 is 28.9. The summed E-state index contributed by atoms with van der Waals surface area (Å²) in [6, 6.07) is 3.44. The molecule has 1 aliphatic carbocycles. The molecule has 5 heterocycles. The van der Waals surface area contributed by atoms with Crippen LogP contribution in [0, 0.1) is 5.82 Å². The number of nitrogens with one attached hydrogen (secondary N) is 2. The number of carbonyl (C=O) groups is 1. The summed E-state index contributed by atoms with van der Waals surface area (Å²) in [7, 11) is 1.55. The molecule has 7 rings (SSSR count). The number of benzene rings is 1. The molecule has 1 aromatic carbocycles. The van der Waals surface area contributed by atoms with E-state index in [1.165, 1.54) is 12.3 Å². The van der Waals surface area contributed by atoms with Gasteiger partial charge in [-0.15, -0.1) is 0 Å². The number of piperidine rings is 1. The van der Waals surface area contributed by atoms with Crippen LogP contribution in [0.4, 0.5) is 21.1 Å². The molecule has 12 heteroatoms. The Morgan fingerprint density at radius 1 is 1.21 bits per heavy atom. The molecule has 2 aromatic heterocycles. The lowest BCUT2D eigenvalue weighted by Crippen LogP contribution is -2.58. The van der Waals surface area contributed by atoms with Gasteiger partial charge in [0.05, 0.1) is 34.6 Å². The minimum Gasteiger partial charge on any atom is -0.446 e. The molecular weight excluding hydrogens is 525 g/mol. The van der Waals surface area contributed by atoms with E-state index in [-0.39, 0.29) is 30.4 Å². The number of halogens is 2. The van der Waals surface area contributed by atoms with Gasteiger partial charge in [0, 0.05) is 50.6 Å². The molecule has 10 nitrogen and oxygen atoms in total. The zero-order valence-corrected chi connectivity index (χ0v) is 23.0. The number of nitrogens with zero attached hydrogens (tertiary/aromatic N) is 5. The molecule has 3 aromatic rings. The van der Waals surface area contributed by atoms with E-state index in [1.807, 2.05) is 6.07 Å². The third kappa shape index (κ3) is 5.09. The van der Waals surface area contributed by atoms with Crippen LogP contribution >= 0.6 is 11.6 Å². The molecule has 0 radical (unpaired) electrons. The average Bonchev–Trinajstić information content (AvgIpc) is 3.30. The topological polar surface area (TPSA) is 106 Å². The Hall–Kier alpha value is -3.18. The normalized spacial score (nSPS) is 24.5. The maximum atomic E-state index is 15.6. The lowest BCUT2D eigenvalue weighted by Gasteiger charge is -2.47. The van der Waals surface area contributed by atoms with Gasteiger partial charge in [-0.3, -0.25) is 0 Å². The minimum absolute atomic E-state index is 0.0336. The van der Waals surface area contributed by atoms with Crippen LogP contribution in [0.1, 0.15) is 52.0 Å². The number of rotatable bonds is 6. The first-order chi connectivity index (χ1) is 18.8. The molecule has 1 saturated carbocycles. The number of anilines is 2. The number of hydrogen-bond donors (Lipinski definition) is 2. The first kappa shape index (κ1) is 26.1. The first-order valence-corrected chi connectivity index (χ1v) is 14.0. The van der Waals surface area contributed by atoms with E-state index >= 15 is 4.39 Å². The molecule has 2 bridgehead atoms. The van der Waals surface area contributed by atoms with Crippen LogP contribution in [-0.4, -0.2) is 70.1 Å². The van der Waals surface area contributed by atoms with Crippen LogP contribution in [0.2, 0.25) is 5.02 Å². The Kier molecular flexibility index (Phi) is 6.96. The summed E-state index contributed by atoms with van der Waals surface area (Å²) >= 11 is 6.54. The van der Waals surface area contributed by atoms with Gasteiger partial charge < -0.3 is 29.6 Å². The van der Waals surface area contributed by atoms with Crippen molar-refractivity contribution in [3.8, 4) is 11.3 Å². The summed E-state index contributed by atoms with van der Waals surface area (Å²) in [6.45, 7) is 5.65. The summed E-state index contributed by atoms with van der Waals surface area (Å²) in [6.07, 6.45) is 5.69. The molecule has 4 unspecified atom stereocenters. The Morgan fingerprint density at radius 2 is 1.97 bits per heavy atom. The highest BCUT2D eigenvalue weighted by Gasteiger charge is 2.40. The zero-order chi connectivity index (χ0) is 27.3. The predicted octanol–water partition coefficient (Wildman–Crippen LogP) is 4.92. The van der Waals surface area contributed by atoms with E-state index in [4.69, 9.17) is 26.1 Å². The summed E-state index contributed by atoms with van der Waals surface area (Å²) in [4.78, 5) is 27.6. The van der Waals surface area contributed by atoms with Crippen molar-refractivity contribution in [2.45, 2.75) is 76.3 Å². The summed E-state index contributed by atoms with van der Waals surface area (Å²) in [5.41, 5.74) is 2.02. The van der Waals surface area contributed by atoms with Gasteiger partial charge in [-0.2, -0.15) is 0 Å². The van der Waals surface area contributed by atoms with Crippen LogP contribution in [0.3, 0.4) is 0 Å². The quantitative estimate of drug-likeness (QED) is 0.440. The number of morpholine rings is 1. The van der Waals surface area contributed by atoms with Gasteiger partial charge in [0.2, 0.25) is 11.9 Å². The van der Waals surface area contributed by atoms with Gasteiger partial charge in [0.15, 0.2) is 5.82 Å². The van der Waals surface area contributed by atoms with Crippen molar-refractivity contribution < 1.29 is 18.7 Å². The molecule has 3 saturated heterocycles. The van der Waals surface area contributed by atoms with Crippen molar-refractivity contribution in [1.82, 2.24) is 24.8 Å². The smallest absolute Gasteiger partial charge is 0.407 e. The van der Waals surface area contributed by atoms with Gasteiger partial charge >= 0.3 is 6.09 Å². The lowest BCUT2D eigenvalue weighted by atomic mass is 9.93. The van der Waals surface area contributed by atoms with E-state index in [2.05, 4.69) is 43.9 Å². The maximum absolute atomic E-state index is 15.6. The fraction of sp³-hybridized carbons (Fsp3) is 0.556. The summed E-state index contributed by atoms with van der Waals surface area (Å²) in [5, 5.41) is 6.18. The predicted molar refractivity (Wildman–Crippen MR) is 147 cm³/mol. The molecule has 4 aliphatic rings. The van der Waals surface area contributed by atoms with Gasteiger partial charge in [-0.25, -0.2) is 24.1 Å². The second kappa shape index (κ2) is 10.4. The van der Waals surface area contributed by atoms with Crippen molar-refractivity contribution in [2.75, 3.05) is 30.4 Å². The Morgan fingerprint density at radius 3 is 2.69 bits per heavy atom. The average molecular weight is 558 g/mol. The van der Waals surface area contributed by atoms with Crippen LogP contribution in [0.25, 0.3) is 22.3 Å². The summed E-state index contributed by atoms with van der Waals surface area (Å²) in [5.74, 6) is 0.731. The van der Waals surface area contributed by atoms with Crippen molar-refractivity contribution in [2.24, 2.45) is 0 Å². The number of alkyl carbamates (subject to hydrolysis) is 1. The van der Waals surface area contributed by atoms with Crippen molar-refractivity contribution in [3.05, 3.63) is 29.2 Å². The SMILES string of the molecule is CNC(=O)OC1CCCC(Nc2ncc(Cl)c(-c3cc(F)c4nc(N5CC6CC(C5)O6)n(C(C)C)c4c3)n2)C1. The molecule has 39 heavy (non-hydrogen) atoms. The van der Waals surface area contributed by atoms with Gasteiger partial charge in [-0.1, -0.05) is 11.6 Å². The largest absolute Gasteiger partial charge is 0.446 e. The molecule has 3 aliphatic heterocycles. The lowest BCUT2D eigenvalue weighted by molar-refractivity contribution is -0.133. The molecule has 0 spiro atoms. The van der Waals surface area contributed by atoms with E-state index in [0.29, 0.717) is 39.7 Å². The first-order valence-electron chi connectivity index (χ1n) is 13.6. The van der Waals surface area contributed by atoms with Crippen LogP contribution < -0.4 is 15.5 Å². The molecule has 4 atom stereocenters. The maximum Gasteiger partial charge on any atom is 0.407 e. The van der Waals surface area contributed by atoms with E-state index in [1.54, 1.807) is 7.05 Å². The van der Waals surface area contributed by atoms with E-state index < -0.39 is 11.9 Å². The second-order valence-corrected chi connectivity index (χ2v) is 11.3. The van der Waals surface area contributed by atoms with Crippen LogP contribution in [-0.2, 0) is 9.47 Å². The van der Waals surface area contributed by atoms with E-state index in [9.17, 15) is 4.79 Å². The Labute approximate surface area is 231 Å². The van der Waals surface area contributed by atoms with Gasteiger partial charge in [0.1, 0.15) is 11.6 Å². The molecular formula is C27H33ClFN7O3. The fourth-order valence-corrected chi connectivity index (χ4v) is 6.14. The highest BCUT2D eigenvalue weighted by atomic mass is 35.5. The van der Waals surface area contributed by atoms with Crippen molar-refractivity contribution in [1.29, 1.82) is 0 Å². The van der Waals surface area contributed by atoms with Crippen molar-refractivity contribution in [3.63, 3.8) is 0 Å². The van der Waals surface area contributed by atoms with Crippen molar-refractivity contribution >= 4 is 40.6 Å². The monoisotopic (exact) mass is 557 g/mol. The van der Waals surface area contributed by atoms with Gasteiger partial charge in [-0.05, 0) is 45.2 Å². The standard InChI is InChI=1S/C27H33ClFN7O3/c1-14(2)36-22-8-15(7-21(29)24(22)34-26(36)35-12-18-10-19(13-35)38-18)23-20(28)11-31-25(33-23)32-16-5-4-6-17(9-16)39-27(37)30-3/h7-8,11,14,16-19H,4-6,9-10,12-13H2,1-3H3,(H,30,37)(H,31,32,33). The van der Waals surface area contributed by atoms with Crippen LogP contribution in [0.5, 0.6) is 0 Å². The van der Waals surface area contributed by atoms with E-state index in [0.717, 1.165) is 44.7 Å². The fourth-order valence-electron chi connectivity index (χ4n) is 5.94. The number of imidazole rings is 1. The number of hydrogen-bond acceptors (Lipinski definition) is 8. The Bertz CT molecular complexity index is 1380. The Balaban J connectivity index is 1.30. The molecule has 208 valence electrons. The zero-order valence-electron chi connectivity index (χ0n) is 22.3. The minimum atomic E-state index is -0.433. The third-order valence-corrected chi connectivity index (χ3v) is 8.02. The van der Waals surface area contributed by atoms with Crippen LogP contribution in [0.15, 0.2) is 18.3 Å². The number of ether oxygens (including phenoxy) is 2. The molecule has 1 amide bonds. The highest BCUT2D eigenvalue weighted by molar-refractivity contribution is 6.33. The highest BCUT2D eigenvalue weighted by Crippen LogP contribution is 2.37. The number of carbonyl (C=O) groups excluding carboxylic acids is 1. The molecule has 4 fully saturated rings. The van der Waals surface area contributed by atoms with Gasteiger partial charge in [0.25, 0.3) is 0 Å².